The Morgan fingerprint density at radius 1 is 1.21 bits per heavy atom. The van der Waals surface area contributed by atoms with Crippen LogP contribution in [0.2, 0.25) is 0 Å². The Balaban J connectivity index is 2.20. The molecule has 0 aromatic heterocycles. The van der Waals surface area contributed by atoms with Gasteiger partial charge in [-0.1, -0.05) is 34.1 Å². The van der Waals surface area contributed by atoms with Crippen molar-refractivity contribution in [2.75, 3.05) is 6.54 Å². The molecule has 0 radical (unpaired) electrons. The maximum absolute atomic E-state index is 3.74. The molecule has 1 N–H and O–H groups in total. The highest BCUT2D eigenvalue weighted by Crippen LogP contribution is 2.28. The minimum atomic E-state index is 0.476. The zero-order valence-corrected chi connectivity index (χ0v) is 10.4. The first kappa shape index (κ1) is 12.0. The minimum Gasteiger partial charge on any atom is -0.313 e. The highest BCUT2D eigenvalue weighted by molar-refractivity contribution is 4.82. The van der Waals surface area contributed by atoms with Crippen LogP contribution in [0.15, 0.2) is 0 Å². The smallest absolute Gasteiger partial charge is 0.00700 e. The number of nitrogens with one attached hydrogen (secondary N) is 1. The second kappa shape index (κ2) is 5.16. The quantitative estimate of drug-likeness (QED) is 0.710. The van der Waals surface area contributed by atoms with Crippen molar-refractivity contribution < 1.29 is 0 Å². The van der Waals surface area contributed by atoms with Crippen LogP contribution in [-0.4, -0.2) is 12.6 Å². The van der Waals surface area contributed by atoms with Crippen LogP contribution >= 0.6 is 0 Å². The van der Waals surface area contributed by atoms with Crippen molar-refractivity contribution in [1.82, 2.24) is 5.32 Å². The summed E-state index contributed by atoms with van der Waals surface area (Å²) in [5.74, 6) is 0.997. The Bertz CT molecular complexity index is 163. The van der Waals surface area contributed by atoms with Gasteiger partial charge in [-0.25, -0.2) is 0 Å². The van der Waals surface area contributed by atoms with Gasteiger partial charge in [0.1, 0.15) is 0 Å². The molecular formula is C13H27N. The maximum atomic E-state index is 3.74. The van der Waals surface area contributed by atoms with Crippen LogP contribution in [0.1, 0.15) is 59.8 Å². The zero-order valence-electron chi connectivity index (χ0n) is 10.4. The van der Waals surface area contributed by atoms with Crippen molar-refractivity contribution in [2.24, 2.45) is 11.3 Å². The lowest BCUT2D eigenvalue weighted by atomic mass is 9.90. The highest BCUT2D eigenvalue weighted by atomic mass is 14.9. The van der Waals surface area contributed by atoms with Gasteiger partial charge in [0.15, 0.2) is 0 Å². The summed E-state index contributed by atoms with van der Waals surface area (Å²) in [6.45, 7) is 10.5. The largest absolute Gasteiger partial charge is 0.313 e. The van der Waals surface area contributed by atoms with E-state index in [-0.39, 0.29) is 0 Å². The van der Waals surface area contributed by atoms with E-state index in [0.717, 1.165) is 12.0 Å². The van der Waals surface area contributed by atoms with Gasteiger partial charge < -0.3 is 5.32 Å². The minimum absolute atomic E-state index is 0.476. The van der Waals surface area contributed by atoms with E-state index in [1.807, 2.05) is 0 Å². The molecule has 0 saturated heterocycles. The number of hydrogen-bond acceptors (Lipinski definition) is 1. The normalized spacial score (nSPS) is 28.3. The van der Waals surface area contributed by atoms with Crippen molar-refractivity contribution >= 4 is 0 Å². The molecule has 2 unspecified atom stereocenters. The van der Waals surface area contributed by atoms with Crippen molar-refractivity contribution in [3.05, 3.63) is 0 Å². The molecule has 2 atom stereocenters. The molecule has 1 heteroatoms. The van der Waals surface area contributed by atoms with Gasteiger partial charge >= 0.3 is 0 Å². The van der Waals surface area contributed by atoms with Gasteiger partial charge in [0.05, 0.1) is 0 Å². The molecule has 0 spiro atoms. The Kier molecular flexibility index (Phi) is 4.43. The SMILES string of the molecule is CCC1CCC(NCC(C)(C)CC)C1. The third-order valence-electron chi connectivity index (χ3n) is 3.94. The average molecular weight is 197 g/mol. The lowest BCUT2D eigenvalue weighted by molar-refractivity contribution is 0.306. The van der Waals surface area contributed by atoms with Gasteiger partial charge in [0.2, 0.25) is 0 Å². The first-order valence-electron chi connectivity index (χ1n) is 6.30. The monoisotopic (exact) mass is 197 g/mol. The molecule has 0 aliphatic heterocycles. The summed E-state index contributed by atoms with van der Waals surface area (Å²) in [5, 5.41) is 3.74. The molecule has 84 valence electrons. The molecule has 1 aliphatic rings. The van der Waals surface area contributed by atoms with Crippen LogP contribution in [0.4, 0.5) is 0 Å². The van der Waals surface area contributed by atoms with Crippen LogP contribution in [-0.2, 0) is 0 Å². The van der Waals surface area contributed by atoms with Crippen molar-refractivity contribution in [1.29, 1.82) is 0 Å². The van der Waals surface area contributed by atoms with Crippen LogP contribution in [0, 0.1) is 11.3 Å². The van der Waals surface area contributed by atoms with Gasteiger partial charge in [-0.15, -0.1) is 0 Å². The standard InChI is InChI=1S/C13H27N/c1-5-11-7-8-12(9-11)14-10-13(3,4)6-2/h11-12,14H,5-10H2,1-4H3. The predicted octanol–water partition coefficient (Wildman–Crippen LogP) is 3.59. The molecule has 1 nitrogen and oxygen atoms in total. The molecule has 1 fully saturated rings. The summed E-state index contributed by atoms with van der Waals surface area (Å²) < 4.78 is 0. The van der Waals surface area contributed by atoms with Gasteiger partial charge in [-0.05, 0) is 37.0 Å². The predicted molar refractivity (Wildman–Crippen MR) is 63.5 cm³/mol. The molecule has 1 aliphatic carbocycles. The van der Waals surface area contributed by atoms with Crippen molar-refractivity contribution in [2.45, 2.75) is 65.8 Å². The van der Waals surface area contributed by atoms with Crippen molar-refractivity contribution in [3.8, 4) is 0 Å². The molecule has 0 bridgehead atoms. The molecule has 0 heterocycles. The van der Waals surface area contributed by atoms with E-state index in [4.69, 9.17) is 0 Å². The van der Waals surface area contributed by atoms with Gasteiger partial charge in [0, 0.05) is 12.6 Å². The summed E-state index contributed by atoms with van der Waals surface area (Å²) in [6, 6.07) is 0.811. The van der Waals surface area contributed by atoms with E-state index in [2.05, 4.69) is 33.0 Å². The lowest BCUT2D eigenvalue weighted by Gasteiger charge is -2.25. The van der Waals surface area contributed by atoms with E-state index in [0.29, 0.717) is 5.41 Å². The summed E-state index contributed by atoms with van der Waals surface area (Å²) in [4.78, 5) is 0. The fraction of sp³-hybridized carbons (Fsp3) is 1.00. The first-order valence-corrected chi connectivity index (χ1v) is 6.30. The average Bonchev–Trinajstić information content (AvgIpc) is 2.63. The second-order valence-electron chi connectivity index (χ2n) is 5.68. The van der Waals surface area contributed by atoms with Crippen LogP contribution in [0.5, 0.6) is 0 Å². The highest BCUT2D eigenvalue weighted by Gasteiger charge is 2.24. The summed E-state index contributed by atoms with van der Waals surface area (Å²) in [6.07, 6.45) is 6.90. The lowest BCUT2D eigenvalue weighted by Crippen LogP contribution is -2.35. The molecule has 14 heavy (non-hydrogen) atoms. The third-order valence-corrected chi connectivity index (χ3v) is 3.94. The van der Waals surface area contributed by atoms with E-state index < -0.39 is 0 Å². The van der Waals surface area contributed by atoms with E-state index in [1.54, 1.807) is 0 Å². The van der Waals surface area contributed by atoms with E-state index in [9.17, 15) is 0 Å². The van der Waals surface area contributed by atoms with Gasteiger partial charge in [0.25, 0.3) is 0 Å². The molecular weight excluding hydrogens is 170 g/mol. The van der Waals surface area contributed by atoms with Gasteiger partial charge in [-0.3, -0.25) is 0 Å². The first-order chi connectivity index (χ1) is 6.57. The second-order valence-corrected chi connectivity index (χ2v) is 5.68. The molecule has 1 rings (SSSR count). The molecule has 0 amide bonds. The van der Waals surface area contributed by atoms with Crippen LogP contribution in [0.25, 0.3) is 0 Å². The molecule has 0 aromatic rings. The Hall–Kier alpha value is -0.0400. The fourth-order valence-corrected chi connectivity index (χ4v) is 2.18. The maximum Gasteiger partial charge on any atom is 0.00700 e. The summed E-state index contributed by atoms with van der Waals surface area (Å²) in [5.41, 5.74) is 0.476. The van der Waals surface area contributed by atoms with E-state index >= 15 is 0 Å². The summed E-state index contributed by atoms with van der Waals surface area (Å²) in [7, 11) is 0. The Morgan fingerprint density at radius 3 is 2.43 bits per heavy atom. The Labute approximate surface area is 89.7 Å². The fourth-order valence-electron chi connectivity index (χ4n) is 2.18. The number of rotatable bonds is 5. The van der Waals surface area contributed by atoms with E-state index in [1.165, 1.54) is 38.6 Å². The number of hydrogen-bond donors (Lipinski definition) is 1. The van der Waals surface area contributed by atoms with Crippen molar-refractivity contribution in [3.63, 3.8) is 0 Å². The molecule has 0 aromatic carbocycles. The zero-order chi connectivity index (χ0) is 10.6. The van der Waals surface area contributed by atoms with Gasteiger partial charge in [-0.2, -0.15) is 0 Å². The van der Waals surface area contributed by atoms with Crippen LogP contribution in [0.3, 0.4) is 0 Å². The Morgan fingerprint density at radius 2 is 1.93 bits per heavy atom. The van der Waals surface area contributed by atoms with Crippen LogP contribution < -0.4 is 5.32 Å². The third kappa shape index (κ3) is 3.61. The topological polar surface area (TPSA) is 12.0 Å². The molecule has 1 saturated carbocycles. The summed E-state index contributed by atoms with van der Waals surface area (Å²) >= 11 is 0.